The molecule has 148 valence electrons. The number of rotatable bonds is 8. The molecular weight excluding hydrogens is 356 g/mol. The summed E-state index contributed by atoms with van der Waals surface area (Å²) in [7, 11) is -0.173. The van der Waals surface area contributed by atoms with Crippen LogP contribution < -0.4 is 0 Å². The Morgan fingerprint density at radius 3 is 2.38 bits per heavy atom. The summed E-state index contributed by atoms with van der Waals surface area (Å²) < 4.78 is 25.1. The van der Waals surface area contributed by atoms with Gasteiger partial charge in [-0.3, -0.25) is 4.79 Å². The molecule has 26 heavy (non-hydrogen) atoms. The van der Waals surface area contributed by atoms with Crippen LogP contribution in [0.15, 0.2) is 30.3 Å². The minimum atomic E-state index is -3.25. The van der Waals surface area contributed by atoms with Gasteiger partial charge in [0, 0.05) is 33.1 Å². The van der Waals surface area contributed by atoms with Crippen molar-refractivity contribution in [1.82, 2.24) is 9.21 Å². The highest BCUT2D eigenvalue weighted by atomic mass is 32.2. The molecule has 2 atom stereocenters. The second-order valence-electron chi connectivity index (χ2n) is 6.70. The highest BCUT2D eigenvalue weighted by molar-refractivity contribution is 7.89. The zero-order valence-electron chi connectivity index (χ0n) is 15.5. The zero-order chi connectivity index (χ0) is 19.6. The summed E-state index contributed by atoms with van der Waals surface area (Å²) in [5.74, 6) is -0.154. The van der Waals surface area contributed by atoms with E-state index in [9.17, 15) is 13.5 Å². The number of hydrogen-bond acceptors (Lipinski definition) is 5. The lowest BCUT2D eigenvalue weighted by Gasteiger charge is -2.18. The van der Waals surface area contributed by atoms with Gasteiger partial charge in [0.2, 0.25) is 10.0 Å². The summed E-state index contributed by atoms with van der Waals surface area (Å²) in [6, 6.07) is 10.4. The number of carbonyl (C=O) groups is 1. The predicted molar refractivity (Wildman–Crippen MR) is 101 cm³/mol. The summed E-state index contributed by atoms with van der Waals surface area (Å²) in [6.45, 7) is 1.92. The van der Waals surface area contributed by atoms with E-state index in [1.54, 1.807) is 0 Å². The largest absolute Gasteiger partial charge is 0.483 e. The maximum absolute atomic E-state index is 12.0. The average Bonchev–Trinajstić information content (AvgIpc) is 2.92. The summed E-state index contributed by atoms with van der Waals surface area (Å²) in [5.41, 5.74) is 1.35. The summed E-state index contributed by atoms with van der Waals surface area (Å²) in [6.07, 6.45) is 2.70. The van der Waals surface area contributed by atoms with Gasteiger partial charge in [-0.25, -0.2) is 12.7 Å². The van der Waals surface area contributed by atoms with Crippen molar-refractivity contribution in [2.24, 2.45) is 5.92 Å². The van der Waals surface area contributed by atoms with Crippen molar-refractivity contribution in [2.75, 3.05) is 39.5 Å². The highest BCUT2D eigenvalue weighted by Crippen LogP contribution is 2.20. The second kappa shape index (κ2) is 11.3. The number of β-amino-alcohol motifs (C(OH)–C–C–N with tert-alkyl or cyclic N) is 1. The van der Waals surface area contributed by atoms with Crippen LogP contribution in [0.4, 0.5) is 0 Å². The van der Waals surface area contributed by atoms with Crippen molar-refractivity contribution in [3.8, 4) is 0 Å². The average molecular weight is 387 g/mol. The Labute approximate surface area is 156 Å². The van der Waals surface area contributed by atoms with E-state index in [1.165, 1.54) is 24.0 Å². The Hall–Kier alpha value is -1.48. The minimum absolute atomic E-state index is 0.0294. The van der Waals surface area contributed by atoms with Gasteiger partial charge in [0.25, 0.3) is 6.47 Å². The quantitative estimate of drug-likeness (QED) is 0.509. The fraction of sp³-hybridized carbons (Fsp3) is 0.611. The van der Waals surface area contributed by atoms with E-state index in [2.05, 4.69) is 29.2 Å². The Balaban J connectivity index is 0.00000105. The van der Waals surface area contributed by atoms with Crippen molar-refractivity contribution < 1.29 is 23.4 Å². The molecule has 0 aromatic heterocycles. The molecule has 0 spiro atoms. The van der Waals surface area contributed by atoms with Crippen LogP contribution in [-0.2, 0) is 21.2 Å². The summed E-state index contributed by atoms with van der Waals surface area (Å²) >= 11 is 0. The number of aliphatic hydroxyl groups excluding tert-OH is 1. The van der Waals surface area contributed by atoms with E-state index in [0.717, 1.165) is 25.8 Å². The van der Waals surface area contributed by atoms with E-state index in [0.29, 0.717) is 13.1 Å². The molecule has 1 heterocycles. The van der Waals surface area contributed by atoms with Gasteiger partial charge in [0.15, 0.2) is 0 Å². The van der Waals surface area contributed by atoms with Crippen LogP contribution in [0, 0.1) is 5.92 Å². The SMILES string of the molecule is CN(C)S(=O)(=O)C[C@@H]1CN(CCCCc2ccccc2)C[C@@H]1O.O=CO. The topological polar surface area (TPSA) is 98.2 Å². The van der Waals surface area contributed by atoms with Crippen LogP contribution in [0.5, 0.6) is 0 Å². The lowest BCUT2D eigenvalue weighted by molar-refractivity contribution is -0.122. The number of hydrogen-bond donors (Lipinski definition) is 2. The third-order valence-electron chi connectivity index (χ3n) is 4.50. The number of unbranched alkanes of at least 4 members (excludes halogenated alkanes) is 1. The first-order valence-corrected chi connectivity index (χ1v) is 10.3. The summed E-state index contributed by atoms with van der Waals surface area (Å²) in [4.78, 5) is 10.5. The van der Waals surface area contributed by atoms with E-state index < -0.39 is 16.1 Å². The molecule has 1 aromatic carbocycles. The first-order valence-electron chi connectivity index (χ1n) is 8.72. The lowest BCUT2D eigenvalue weighted by Crippen LogP contribution is -2.33. The van der Waals surface area contributed by atoms with Crippen molar-refractivity contribution in [3.05, 3.63) is 35.9 Å². The van der Waals surface area contributed by atoms with Gasteiger partial charge in [-0.1, -0.05) is 30.3 Å². The molecule has 0 aliphatic carbocycles. The Morgan fingerprint density at radius 1 is 1.19 bits per heavy atom. The van der Waals surface area contributed by atoms with Crippen molar-refractivity contribution in [3.63, 3.8) is 0 Å². The molecule has 0 bridgehead atoms. The molecule has 0 unspecified atom stereocenters. The molecule has 7 nitrogen and oxygen atoms in total. The molecule has 2 rings (SSSR count). The van der Waals surface area contributed by atoms with E-state index in [1.807, 2.05) is 6.07 Å². The number of likely N-dealkylation sites (tertiary alicyclic amines) is 1. The van der Waals surface area contributed by atoms with Gasteiger partial charge in [-0.15, -0.1) is 0 Å². The molecule has 0 saturated carbocycles. The number of carboxylic acid groups (broad SMARTS) is 1. The van der Waals surface area contributed by atoms with E-state index >= 15 is 0 Å². The van der Waals surface area contributed by atoms with Gasteiger partial charge in [-0.05, 0) is 31.4 Å². The third-order valence-corrected chi connectivity index (χ3v) is 6.46. The van der Waals surface area contributed by atoms with Gasteiger partial charge < -0.3 is 15.1 Å². The number of sulfonamides is 1. The maximum atomic E-state index is 12.0. The first kappa shape index (κ1) is 22.6. The molecular formula is C18H30N2O5S. The molecule has 1 saturated heterocycles. The van der Waals surface area contributed by atoms with E-state index in [-0.39, 0.29) is 18.1 Å². The van der Waals surface area contributed by atoms with Crippen LogP contribution in [-0.4, -0.2) is 79.9 Å². The van der Waals surface area contributed by atoms with Crippen LogP contribution in [0.1, 0.15) is 18.4 Å². The smallest absolute Gasteiger partial charge is 0.290 e. The first-order chi connectivity index (χ1) is 12.3. The third kappa shape index (κ3) is 7.82. The molecule has 2 N–H and O–H groups in total. The van der Waals surface area contributed by atoms with Gasteiger partial charge in [-0.2, -0.15) is 0 Å². The molecule has 1 fully saturated rings. The Kier molecular flexibility index (Phi) is 9.79. The van der Waals surface area contributed by atoms with Gasteiger partial charge in [0.05, 0.1) is 11.9 Å². The molecule has 1 aliphatic rings. The maximum Gasteiger partial charge on any atom is 0.290 e. The molecule has 0 radical (unpaired) electrons. The zero-order valence-corrected chi connectivity index (χ0v) is 16.3. The van der Waals surface area contributed by atoms with Crippen LogP contribution in [0.25, 0.3) is 0 Å². The monoisotopic (exact) mass is 386 g/mol. The summed E-state index contributed by atoms with van der Waals surface area (Å²) in [5, 5.41) is 17.0. The van der Waals surface area contributed by atoms with Gasteiger partial charge >= 0.3 is 0 Å². The number of nitrogens with zero attached hydrogens (tertiary/aromatic N) is 2. The molecule has 1 aliphatic heterocycles. The normalized spacial score (nSPS) is 20.6. The van der Waals surface area contributed by atoms with E-state index in [4.69, 9.17) is 9.90 Å². The van der Waals surface area contributed by atoms with Crippen molar-refractivity contribution in [2.45, 2.75) is 25.4 Å². The van der Waals surface area contributed by atoms with Crippen molar-refractivity contribution >= 4 is 16.5 Å². The Morgan fingerprint density at radius 2 is 1.81 bits per heavy atom. The van der Waals surface area contributed by atoms with Crippen LogP contribution in [0.3, 0.4) is 0 Å². The van der Waals surface area contributed by atoms with Crippen LogP contribution >= 0.6 is 0 Å². The fourth-order valence-corrected chi connectivity index (χ4v) is 4.18. The molecule has 8 heteroatoms. The number of aryl methyl sites for hydroxylation is 1. The van der Waals surface area contributed by atoms with Crippen LogP contribution in [0.2, 0.25) is 0 Å². The molecule has 1 aromatic rings. The number of aliphatic hydroxyl groups is 1. The second-order valence-corrected chi connectivity index (χ2v) is 8.92. The standard InChI is InChI=1S/C17H28N2O3S.CH2O2/c1-18(2)23(21,22)14-16-12-19(13-17(16)20)11-7-6-10-15-8-4-3-5-9-15;2-1-3/h3-5,8-9,16-17,20H,6-7,10-14H2,1-2H3;1H,(H,2,3)/t16-,17-;/m0./s1. The fourth-order valence-electron chi connectivity index (χ4n) is 3.02. The minimum Gasteiger partial charge on any atom is -0.483 e. The van der Waals surface area contributed by atoms with Crippen molar-refractivity contribution in [1.29, 1.82) is 0 Å². The van der Waals surface area contributed by atoms with Gasteiger partial charge in [0.1, 0.15) is 0 Å². The number of benzene rings is 1. The lowest BCUT2D eigenvalue weighted by atomic mass is 10.1. The highest BCUT2D eigenvalue weighted by Gasteiger charge is 2.34. The Bertz CT molecular complexity index is 622. The predicted octanol–water partition coefficient (Wildman–Crippen LogP) is 0.894. The molecule has 0 amide bonds.